The lowest BCUT2D eigenvalue weighted by atomic mass is 10.2. The molecule has 28 heavy (non-hydrogen) atoms. The van der Waals surface area contributed by atoms with Gasteiger partial charge in [-0.1, -0.05) is 0 Å². The zero-order chi connectivity index (χ0) is 20.9. The van der Waals surface area contributed by atoms with E-state index >= 15 is 0 Å². The normalized spacial score (nSPS) is 18.5. The number of hydrogen-bond acceptors (Lipinski definition) is 5. The predicted molar refractivity (Wildman–Crippen MR) is 124 cm³/mol. The first-order valence-corrected chi connectivity index (χ1v) is 11.2. The Morgan fingerprint density at radius 3 is 2.32 bits per heavy atom. The van der Waals surface area contributed by atoms with E-state index in [1.54, 1.807) is 20.8 Å². The molecule has 1 atom stereocenters. The van der Waals surface area contributed by atoms with Gasteiger partial charge in [0, 0.05) is 19.6 Å². The molecule has 0 spiro atoms. The van der Waals surface area contributed by atoms with E-state index in [0.717, 1.165) is 13.0 Å². The quantitative estimate of drug-likeness (QED) is 0.321. The smallest absolute Gasteiger partial charge is 0.407 e. The van der Waals surface area contributed by atoms with Crippen molar-refractivity contribution in [1.29, 1.82) is 0 Å². The van der Waals surface area contributed by atoms with Gasteiger partial charge in [0.1, 0.15) is 5.60 Å². The molecular formula is C18H37IN4O4S. The number of rotatable bonds is 5. The summed E-state index contributed by atoms with van der Waals surface area (Å²) in [6.07, 6.45) is 0.358. The summed E-state index contributed by atoms with van der Waals surface area (Å²) in [6.45, 7) is 14.8. The Balaban J connectivity index is 0.00000729. The van der Waals surface area contributed by atoms with Crippen LogP contribution in [0.25, 0.3) is 0 Å². The maximum atomic E-state index is 12.2. The molecule has 1 heterocycles. The number of carbonyl (C=O) groups excluding carboxylic acids is 1. The number of sulfone groups is 1. The van der Waals surface area contributed by atoms with Gasteiger partial charge in [-0.2, -0.15) is 0 Å². The van der Waals surface area contributed by atoms with Gasteiger partial charge in [-0.05, 0) is 54.9 Å². The highest BCUT2D eigenvalue weighted by Crippen LogP contribution is 2.16. The molecule has 1 fully saturated rings. The lowest BCUT2D eigenvalue weighted by Gasteiger charge is -2.23. The molecule has 0 aromatic rings. The summed E-state index contributed by atoms with van der Waals surface area (Å²) in [4.78, 5) is 18.4. The molecular weight excluding hydrogens is 495 g/mol. The minimum Gasteiger partial charge on any atom is -0.444 e. The standard InChI is InChI=1S/C18H36N4O4S.HI/c1-8-19-15(20-10-12-27(24,25)18(5,6)7)22-11-9-14(13-22)21-16(23)26-17(2,3)4;/h14H,8-13H2,1-7H3,(H,19,20)(H,21,23);1H. The van der Waals surface area contributed by atoms with Crippen LogP contribution in [0.3, 0.4) is 0 Å². The van der Waals surface area contributed by atoms with Gasteiger partial charge in [0.2, 0.25) is 0 Å². The van der Waals surface area contributed by atoms with Gasteiger partial charge in [-0.3, -0.25) is 4.99 Å². The van der Waals surface area contributed by atoms with Crippen LogP contribution in [0.4, 0.5) is 4.79 Å². The first kappa shape index (κ1) is 27.2. The molecule has 0 saturated carbocycles. The van der Waals surface area contributed by atoms with Gasteiger partial charge in [-0.25, -0.2) is 13.2 Å². The molecule has 0 radical (unpaired) electrons. The number of aliphatic imine (C=N–C) groups is 1. The highest BCUT2D eigenvalue weighted by molar-refractivity contribution is 14.0. The van der Waals surface area contributed by atoms with Crippen molar-refractivity contribution in [2.45, 2.75) is 71.3 Å². The second-order valence-electron chi connectivity index (χ2n) is 8.74. The topological polar surface area (TPSA) is 100 Å². The molecule has 1 rings (SSSR count). The summed E-state index contributed by atoms with van der Waals surface area (Å²) >= 11 is 0. The molecule has 1 saturated heterocycles. The van der Waals surface area contributed by atoms with Crippen LogP contribution in [0, 0.1) is 0 Å². The summed E-state index contributed by atoms with van der Waals surface area (Å²) in [5.41, 5.74) is -0.530. The number of amides is 1. The Labute approximate surface area is 187 Å². The van der Waals surface area contributed by atoms with Crippen molar-refractivity contribution >= 4 is 45.9 Å². The number of nitrogens with zero attached hydrogens (tertiary/aromatic N) is 2. The first-order chi connectivity index (χ1) is 12.2. The van der Waals surface area contributed by atoms with E-state index in [9.17, 15) is 13.2 Å². The SMILES string of the molecule is CCNC(=NCCS(=O)(=O)C(C)(C)C)N1CCC(NC(=O)OC(C)(C)C)C1.I. The van der Waals surface area contributed by atoms with Gasteiger partial charge in [0.05, 0.1) is 23.1 Å². The molecule has 0 bridgehead atoms. The Kier molecular flexibility index (Phi) is 10.5. The monoisotopic (exact) mass is 532 g/mol. The Morgan fingerprint density at radius 1 is 1.21 bits per heavy atom. The molecule has 0 aromatic carbocycles. The molecule has 1 amide bonds. The van der Waals surface area contributed by atoms with E-state index < -0.39 is 26.3 Å². The van der Waals surface area contributed by atoms with Crippen LogP contribution < -0.4 is 10.6 Å². The minimum atomic E-state index is -3.20. The summed E-state index contributed by atoms with van der Waals surface area (Å²) in [5.74, 6) is 0.689. The molecule has 166 valence electrons. The van der Waals surface area contributed by atoms with E-state index in [1.807, 2.05) is 32.6 Å². The van der Waals surface area contributed by atoms with Crippen LogP contribution in [0.2, 0.25) is 0 Å². The van der Waals surface area contributed by atoms with Crippen LogP contribution in [0.15, 0.2) is 4.99 Å². The number of alkyl carbamates (subject to hydrolysis) is 1. The fraction of sp³-hybridized carbons (Fsp3) is 0.889. The Bertz CT molecular complexity index is 639. The largest absolute Gasteiger partial charge is 0.444 e. The van der Waals surface area contributed by atoms with Crippen LogP contribution in [0.1, 0.15) is 54.9 Å². The van der Waals surface area contributed by atoms with E-state index in [0.29, 0.717) is 19.0 Å². The molecule has 1 unspecified atom stereocenters. The number of likely N-dealkylation sites (tertiary alicyclic amines) is 1. The highest BCUT2D eigenvalue weighted by atomic mass is 127. The lowest BCUT2D eigenvalue weighted by Crippen LogP contribution is -2.44. The number of nitrogens with one attached hydrogen (secondary N) is 2. The summed E-state index contributed by atoms with van der Waals surface area (Å²) in [6, 6.07) is -0.0259. The minimum absolute atomic E-state index is 0. The number of carbonyl (C=O) groups is 1. The number of guanidine groups is 1. The van der Waals surface area contributed by atoms with Crippen molar-refractivity contribution in [3.63, 3.8) is 0 Å². The summed E-state index contributed by atoms with van der Waals surface area (Å²) in [5, 5.41) is 6.08. The molecule has 1 aliphatic rings. The van der Waals surface area contributed by atoms with Crippen molar-refractivity contribution in [2.75, 3.05) is 31.9 Å². The van der Waals surface area contributed by atoms with Crippen molar-refractivity contribution in [1.82, 2.24) is 15.5 Å². The highest BCUT2D eigenvalue weighted by Gasteiger charge is 2.30. The first-order valence-electron chi connectivity index (χ1n) is 9.50. The molecule has 0 aromatic heterocycles. The van der Waals surface area contributed by atoms with E-state index in [1.165, 1.54) is 0 Å². The Hall–Kier alpha value is -0.780. The van der Waals surface area contributed by atoms with Crippen molar-refractivity contribution in [3.05, 3.63) is 0 Å². The third kappa shape index (κ3) is 9.15. The third-order valence-electron chi connectivity index (χ3n) is 4.10. The molecule has 2 N–H and O–H groups in total. The maximum Gasteiger partial charge on any atom is 0.407 e. The number of hydrogen-bond donors (Lipinski definition) is 2. The zero-order valence-corrected chi connectivity index (χ0v) is 21.3. The molecule has 0 aliphatic carbocycles. The van der Waals surface area contributed by atoms with Crippen LogP contribution in [-0.2, 0) is 14.6 Å². The fourth-order valence-electron chi connectivity index (χ4n) is 2.55. The van der Waals surface area contributed by atoms with Gasteiger partial charge in [0.25, 0.3) is 0 Å². The number of ether oxygens (including phenoxy) is 1. The van der Waals surface area contributed by atoms with Gasteiger partial charge < -0.3 is 20.3 Å². The van der Waals surface area contributed by atoms with Crippen LogP contribution >= 0.6 is 24.0 Å². The van der Waals surface area contributed by atoms with Gasteiger partial charge in [0.15, 0.2) is 15.8 Å². The molecule has 10 heteroatoms. The summed E-state index contributed by atoms with van der Waals surface area (Å²) < 4.78 is 29.0. The van der Waals surface area contributed by atoms with Crippen LogP contribution in [-0.4, -0.2) is 73.7 Å². The van der Waals surface area contributed by atoms with Crippen molar-refractivity contribution in [2.24, 2.45) is 4.99 Å². The fourth-order valence-corrected chi connectivity index (χ4v) is 3.49. The summed E-state index contributed by atoms with van der Waals surface area (Å²) in [7, 11) is -3.20. The zero-order valence-electron chi connectivity index (χ0n) is 18.2. The second-order valence-corrected chi connectivity index (χ2v) is 11.6. The molecule has 8 nitrogen and oxygen atoms in total. The third-order valence-corrected chi connectivity index (χ3v) is 6.68. The lowest BCUT2D eigenvalue weighted by molar-refractivity contribution is 0.0507. The molecule has 1 aliphatic heterocycles. The predicted octanol–water partition coefficient (Wildman–Crippen LogP) is 2.38. The average molecular weight is 532 g/mol. The van der Waals surface area contributed by atoms with E-state index in [4.69, 9.17) is 4.74 Å². The average Bonchev–Trinajstić information content (AvgIpc) is 2.91. The van der Waals surface area contributed by atoms with E-state index in [-0.39, 0.29) is 42.3 Å². The second kappa shape index (κ2) is 10.8. The van der Waals surface area contributed by atoms with Gasteiger partial charge >= 0.3 is 6.09 Å². The van der Waals surface area contributed by atoms with Crippen molar-refractivity contribution in [3.8, 4) is 0 Å². The van der Waals surface area contributed by atoms with Crippen LogP contribution in [0.5, 0.6) is 0 Å². The number of halogens is 1. The van der Waals surface area contributed by atoms with Gasteiger partial charge in [-0.15, -0.1) is 24.0 Å². The Morgan fingerprint density at radius 2 is 1.82 bits per heavy atom. The van der Waals surface area contributed by atoms with Crippen molar-refractivity contribution < 1.29 is 17.9 Å². The van der Waals surface area contributed by atoms with E-state index in [2.05, 4.69) is 15.6 Å². The maximum absolute atomic E-state index is 12.2.